The summed E-state index contributed by atoms with van der Waals surface area (Å²) in [6.07, 6.45) is 1.34. The van der Waals surface area contributed by atoms with Gasteiger partial charge < -0.3 is 4.74 Å². The van der Waals surface area contributed by atoms with Gasteiger partial charge in [0.2, 0.25) is 0 Å². The van der Waals surface area contributed by atoms with Crippen molar-refractivity contribution in [2.24, 2.45) is 0 Å². The molecule has 0 aliphatic heterocycles. The SMILES string of the molecule is COC(=O)C1CCc2ccccc2C(=O)c2ccccc21. The number of aryl methyl sites for hydroxylation is 1. The van der Waals surface area contributed by atoms with Gasteiger partial charge in [0.1, 0.15) is 0 Å². The Labute approximate surface area is 123 Å². The number of ketones is 1. The Kier molecular flexibility index (Phi) is 3.57. The Morgan fingerprint density at radius 2 is 1.71 bits per heavy atom. The van der Waals surface area contributed by atoms with Crippen LogP contribution < -0.4 is 0 Å². The lowest BCUT2D eigenvalue weighted by molar-refractivity contribution is -0.142. The summed E-state index contributed by atoms with van der Waals surface area (Å²) in [6.45, 7) is 0. The highest BCUT2D eigenvalue weighted by Gasteiger charge is 2.29. The molecule has 3 nitrogen and oxygen atoms in total. The van der Waals surface area contributed by atoms with E-state index in [-0.39, 0.29) is 17.7 Å². The minimum atomic E-state index is -0.386. The fourth-order valence-electron chi connectivity index (χ4n) is 2.95. The zero-order chi connectivity index (χ0) is 14.8. The van der Waals surface area contributed by atoms with Crippen molar-refractivity contribution in [2.45, 2.75) is 18.8 Å². The second-order valence-corrected chi connectivity index (χ2v) is 5.19. The molecule has 0 heterocycles. The van der Waals surface area contributed by atoms with Crippen LogP contribution in [0.5, 0.6) is 0 Å². The molecular weight excluding hydrogens is 264 g/mol. The molecule has 0 radical (unpaired) electrons. The summed E-state index contributed by atoms with van der Waals surface area (Å²) in [5.41, 5.74) is 3.09. The number of ether oxygens (including phenoxy) is 1. The van der Waals surface area contributed by atoms with Crippen LogP contribution in [0.1, 0.15) is 39.4 Å². The highest BCUT2D eigenvalue weighted by atomic mass is 16.5. The summed E-state index contributed by atoms with van der Waals surface area (Å²) in [4.78, 5) is 24.9. The first-order valence-corrected chi connectivity index (χ1v) is 7.01. The number of hydrogen-bond acceptors (Lipinski definition) is 3. The van der Waals surface area contributed by atoms with Crippen molar-refractivity contribution in [3.63, 3.8) is 0 Å². The number of carbonyl (C=O) groups excluding carboxylic acids is 2. The molecule has 2 aromatic carbocycles. The summed E-state index contributed by atoms with van der Waals surface area (Å²) >= 11 is 0. The Hall–Kier alpha value is -2.42. The maximum atomic E-state index is 12.8. The van der Waals surface area contributed by atoms with E-state index >= 15 is 0 Å². The average molecular weight is 280 g/mol. The van der Waals surface area contributed by atoms with Crippen molar-refractivity contribution >= 4 is 11.8 Å². The van der Waals surface area contributed by atoms with Crippen LogP contribution in [0.3, 0.4) is 0 Å². The van der Waals surface area contributed by atoms with Crippen LogP contribution >= 0.6 is 0 Å². The molecule has 0 saturated carbocycles. The first kappa shape index (κ1) is 13.6. The van der Waals surface area contributed by atoms with Crippen LogP contribution in [0.2, 0.25) is 0 Å². The first-order valence-electron chi connectivity index (χ1n) is 7.01. The van der Waals surface area contributed by atoms with Crippen molar-refractivity contribution < 1.29 is 14.3 Å². The van der Waals surface area contributed by atoms with Gasteiger partial charge in [-0.2, -0.15) is 0 Å². The molecule has 1 aliphatic rings. The fraction of sp³-hybridized carbons (Fsp3) is 0.222. The lowest BCUT2D eigenvalue weighted by atomic mass is 9.82. The lowest BCUT2D eigenvalue weighted by Gasteiger charge is -2.22. The van der Waals surface area contributed by atoms with E-state index in [0.717, 1.165) is 16.7 Å². The third-order valence-corrected chi connectivity index (χ3v) is 4.03. The normalized spacial score (nSPS) is 17.2. The second kappa shape index (κ2) is 5.52. The van der Waals surface area contributed by atoms with Gasteiger partial charge in [0.25, 0.3) is 0 Å². The number of esters is 1. The Bertz CT molecular complexity index is 703. The first-order chi connectivity index (χ1) is 10.2. The van der Waals surface area contributed by atoms with E-state index in [2.05, 4.69) is 0 Å². The highest BCUT2D eigenvalue weighted by Crippen LogP contribution is 2.31. The van der Waals surface area contributed by atoms with Gasteiger partial charge in [-0.05, 0) is 24.0 Å². The van der Waals surface area contributed by atoms with Crippen LogP contribution in [0.25, 0.3) is 0 Å². The molecule has 1 atom stereocenters. The zero-order valence-corrected chi connectivity index (χ0v) is 11.8. The van der Waals surface area contributed by atoms with Gasteiger partial charge in [-0.1, -0.05) is 48.5 Å². The Balaban J connectivity index is 2.18. The smallest absolute Gasteiger partial charge is 0.313 e. The number of fused-ring (bicyclic) bond motifs is 2. The number of methoxy groups -OCH3 is 1. The summed E-state index contributed by atoms with van der Waals surface area (Å²) in [6, 6.07) is 14.9. The average Bonchev–Trinajstić information content (AvgIpc) is 2.53. The Morgan fingerprint density at radius 3 is 2.48 bits per heavy atom. The molecule has 0 amide bonds. The number of rotatable bonds is 1. The van der Waals surface area contributed by atoms with E-state index in [4.69, 9.17) is 4.74 Å². The third kappa shape index (κ3) is 2.35. The summed E-state index contributed by atoms with van der Waals surface area (Å²) in [7, 11) is 1.39. The molecular formula is C18H16O3. The minimum absolute atomic E-state index is 0.0187. The molecule has 21 heavy (non-hydrogen) atoms. The minimum Gasteiger partial charge on any atom is -0.469 e. The second-order valence-electron chi connectivity index (χ2n) is 5.19. The van der Waals surface area contributed by atoms with Crippen LogP contribution in [0.15, 0.2) is 48.5 Å². The van der Waals surface area contributed by atoms with E-state index in [1.165, 1.54) is 7.11 Å². The number of benzene rings is 2. The maximum absolute atomic E-state index is 12.8. The molecule has 3 heteroatoms. The van der Waals surface area contributed by atoms with Crippen molar-refractivity contribution in [1.29, 1.82) is 0 Å². The molecule has 106 valence electrons. The van der Waals surface area contributed by atoms with Crippen molar-refractivity contribution in [3.05, 3.63) is 70.8 Å². The quantitative estimate of drug-likeness (QED) is 0.754. The molecule has 2 aromatic rings. The lowest BCUT2D eigenvalue weighted by Crippen LogP contribution is -2.21. The van der Waals surface area contributed by atoms with Crippen LogP contribution in [0.4, 0.5) is 0 Å². The molecule has 0 aromatic heterocycles. The summed E-state index contributed by atoms with van der Waals surface area (Å²) in [5.74, 6) is -0.687. The predicted molar refractivity (Wildman–Crippen MR) is 79.4 cm³/mol. The summed E-state index contributed by atoms with van der Waals surface area (Å²) < 4.78 is 4.92. The molecule has 1 aliphatic carbocycles. The molecule has 0 N–H and O–H groups in total. The van der Waals surface area contributed by atoms with Crippen LogP contribution in [0, 0.1) is 0 Å². The topological polar surface area (TPSA) is 43.4 Å². The maximum Gasteiger partial charge on any atom is 0.313 e. The van der Waals surface area contributed by atoms with Crippen LogP contribution in [-0.2, 0) is 16.0 Å². The van der Waals surface area contributed by atoms with E-state index in [9.17, 15) is 9.59 Å². The van der Waals surface area contributed by atoms with E-state index in [0.29, 0.717) is 18.4 Å². The van der Waals surface area contributed by atoms with Gasteiger partial charge in [-0.3, -0.25) is 9.59 Å². The Morgan fingerprint density at radius 1 is 1.05 bits per heavy atom. The van der Waals surface area contributed by atoms with E-state index < -0.39 is 0 Å². The van der Waals surface area contributed by atoms with Crippen molar-refractivity contribution in [3.8, 4) is 0 Å². The van der Waals surface area contributed by atoms with Crippen LogP contribution in [-0.4, -0.2) is 18.9 Å². The van der Waals surface area contributed by atoms with E-state index in [1.807, 2.05) is 42.5 Å². The molecule has 1 unspecified atom stereocenters. The fourth-order valence-corrected chi connectivity index (χ4v) is 2.95. The molecule has 0 spiro atoms. The standard InChI is InChI=1S/C18H16O3/c1-21-18(20)16-11-10-12-6-2-3-7-13(12)17(19)15-9-5-4-8-14(15)16/h2-9,16H,10-11H2,1H3. The monoisotopic (exact) mass is 280 g/mol. The van der Waals surface area contributed by atoms with Gasteiger partial charge in [0.05, 0.1) is 13.0 Å². The molecule has 3 rings (SSSR count). The van der Waals surface area contributed by atoms with E-state index in [1.54, 1.807) is 6.07 Å². The molecule has 0 bridgehead atoms. The highest BCUT2D eigenvalue weighted by molar-refractivity contribution is 6.11. The van der Waals surface area contributed by atoms with Crippen molar-refractivity contribution in [2.75, 3.05) is 7.11 Å². The van der Waals surface area contributed by atoms with Gasteiger partial charge in [-0.15, -0.1) is 0 Å². The zero-order valence-electron chi connectivity index (χ0n) is 11.8. The van der Waals surface area contributed by atoms with Gasteiger partial charge >= 0.3 is 5.97 Å². The summed E-state index contributed by atoms with van der Waals surface area (Å²) in [5, 5.41) is 0. The number of hydrogen-bond donors (Lipinski definition) is 0. The van der Waals surface area contributed by atoms with Gasteiger partial charge in [0, 0.05) is 11.1 Å². The van der Waals surface area contributed by atoms with Gasteiger partial charge in [0.15, 0.2) is 5.78 Å². The molecule has 0 fully saturated rings. The molecule has 0 saturated heterocycles. The van der Waals surface area contributed by atoms with Crippen molar-refractivity contribution in [1.82, 2.24) is 0 Å². The largest absolute Gasteiger partial charge is 0.469 e. The number of carbonyl (C=O) groups is 2. The van der Waals surface area contributed by atoms with Gasteiger partial charge in [-0.25, -0.2) is 0 Å². The predicted octanol–water partition coefficient (Wildman–Crippen LogP) is 3.12. The third-order valence-electron chi connectivity index (χ3n) is 4.03.